The molecule has 0 aliphatic carbocycles. The lowest BCUT2D eigenvalue weighted by Gasteiger charge is -2.33. The highest BCUT2D eigenvalue weighted by Gasteiger charge is 2.19. The zero-order valence-corrected chi connectivity index (χ0v) is 12.1. The van der Waals surface area contributed by atoms with Gasteiger partial charge in [0.05, 0.1) is 17.4 Å². The molecule has 2 heterocycles. The fourth-order valence-corrected chi connectivity index (χ4v) is 2.72. The van der Waals surface area contributed by atoms with Crippen LogP contribution < -0.4 is 10.9 Å². The summed E-state index contributed by atoms with van der Waals surface area (Å²) in [4.78, 5) is 21.8. The maximum absolute atomic E-state index is 12.1. The summed E-state index contributed by atoms with van der Waals surface area (Å²) in [6, 6.07) is 5.64. The quantitative estimate of drug-likeness (QED) is 0.878. The number of benzene rings is 1. The van der Waals surface area contributed by atoms with E-state index in [9.17, 15) is 4.79 Å². The van der Waals surface area contributed by atoms with E-state index in [4.69, 9.17) is 11.6 Å². The van der Waals surface area contributed by atoms with Crippen molar-refractivity contribution >= 4 is 22.5 Å². The number of hydrogen-bond donors (Lipinski definition) is 2. The lowest BCUT2D eigenvalue weighted by Crippen LogP contribution is -2.49. The lowest BCUT2D eigenvalue weighted by atomic mass is 10.2. The van der Waals surface area contributed by atoms with E-state index in [1.807, 2.05) is 0 Å². The van der Waals surface area contributed by atoms with Crippen LogP contribution in [-0.2, 0) is 6.54 Å². The largest absolute Gasteiger partial charge is 0.314 e. The Bertz CT molecular complexity index is 684. The summed E-state index contributed by atoms with van der Waals surface area (Å²) in [6.45, 7) is 5.73. The zero-order chi connectivity index (χ0) is 14.1. The van der Waals surface area contributed by atoms with Gasteiger partial charge in [-0.3, -0.25) is 9.69 Å². The van der Waals surface area contributed by atoms with Gasteiger partial charge in [0, 0.05) is 30.7 Å². The molecule has 0 amide bonds. The third-order valence-corrected chi connectivity index (χ3v) is 3.94. The summed E-state index contributed by atoms with van der Waals surface area (Å²) < 4.78 is 0. The molecule has 2 N–H and O–H groups in total. The van der Waals surface area contributed by atoms with Gasteiger partial charge in [-0.1, -0.05) is 11.6 Å². The molecule has 20 heavy (non-hydrogen) atoms. The van der Waals surface area contributed by atoms with Crippen molar-refractivity contribution in [2.45, 2.75) is 19.5 Å². The Kier molecular flexibility index (Phi) is 3.74. The first-order valence-electron chi connectivity index (χ1n) is 6.77. The first-order chi connectivity index (χ1) is 9.63. The number of halogens is 1. The van der Waals surface area contributed by atoms with Crippen molar-refractivity contribution in [1.29, 1.82) is 0 Å². The molecule has 0 radical (unpaired) electrons. The third-order valence-electron chi connectivity index (χ3n) is 3.71. The lowest BCUT2D eigenvalue weighted by molar-refractivity contribution is 0.162. The fourth-order valence-electron chi connectivity index (χ4n) is 2.54. The van der Waals surface area contributed by atoms with Gasteiger partial charge >= 0.3 is 0 Å². The molecule has 0 saturated carbocycles. The molecule has 1 unspecified atom stereocenters. The van der Waals surface area contributed by atoms with Crippen LogP contribution in [0, 0.1) is 0 Å². The molecular formula is C14H17ClN4O. The molecule has 0 spiro atoms. The van der Waals surface area contributed by atoms with E-state index >= 15 is 0 Å². The normalized spacial score (nSPS) is 20.4. The molecule has 1 saturated heterocycles. The first-order valence-corrected chi connectivity index (χ1v) is 7.14. The average Bonchev–Trinajstić information content (AvgIpc) is 2.42. The van der Waals surface area contributed by atoms with Crippen molar-refractivity contribution in [3.63, 3.8) is 0 Å². The minimum Gasteiger partial charge on any atom is -0.314 e. The number of nitrogens with zero attached hydrogens (tertiary/aromatic N) is 2. The Labute approximate surface area is 122 Å². The van der Waals surface area contributed by atoms with Crippen LogP contribution in [0.2, 0.25) is 5.02 Å². The highest BCUT2D eigenvalue weighted by atomic mass is 35.5. The summed E-state index contributed by atoms with van der Waals surface area (Å²) in [5.74, 6) is 0.707. The van der Waals surface area contributed by atoms with E-state index in [1.165, 1.54) is 0 Å². The van der Waals surface area contributed by atoms with Gasteiger partial charge in [-0.2, -0.15) is 0 Å². The molecular weight excluding hydrogens is 276 g/mol. The molecule has 1 fully saturated rings. The van der Waals surface area contributed by atoms with Gasteiger partial charge in [0.25, 0.3) is 5.56 Å². The van der Waals surface area contributed by atoms with Gasteiger partial charge in [-0.05, 0) is 25.1 Å². The summed E-state index contributed by atoms with van der Waals surface area (Å²) >= 11 is 5.91. The Morgan fingerprint density at radius 3 is 3.15 bits per heavy atom. The molecule has 1 aliphatic heterocycles. The van der Waals surface area contributed by atoms with Gasteiger partial charge in [0.1, 0.15) is 5.82 Å². The maximum atomic E-state index is 12.1. The Morgan fingerprint density at radius 1 is 1.50 bits per heavy atom. The van der Waals surface area contributed by atoms with Gasteiger partial charge in [0.15, 0.2) is 0 Å². The summed E-state index contributed by atoms with van der Waals surface area (Å²) in [6.07, 6.45) is 0. The monoisotopic (exact) mass is 292 g/mol. The highest BCUT2D eigenvalue weighted by Crippen LogP contribution is 2.15. The number of H-pyrrole nitrogens is 1. The fraction of sp³-hybridized carbons (Fsp3) is 0.429. The number of piperazine rings is 1. The first kappa shape index (κ1) is 13.5. The minimum atomic E-state index is -0.129. The highest BCUT2D eigenvalue weighted by molar-refractivity contribution is 6.31. The molecule has 106 valence electrons. The molecule has 1 aromatic heterocycles. The molecule has 2 aromatic rings. The van der Waals surface area contributed by atoms with Gasteiger partial charge in [0.2, 0.25) is 0 Å². The van der Waals surface area contributed by atoms with Crippen LogP contribution in [0.25, 0.3) is 10.9 Å². The van der Waals surface area contributed by atoms with Gasteiger partial charge in [-0.25, -0.2) is 4.98 Å². The topological polar surface area (TPSA) is 61.0 Å². The summed E-state index contributed by atoms with van der Waals surface area (Å²) in [5, 5.41) is 4.43. The van der Waals surface area contributed by atoms with E-state index in [2.05, 4.69) is 27.1 Å². The third kappa shape index (κ3) is 2.70. The standard InChI is InChI=1S/C14H17ClN4O/c1-9-7-16-4-5-19(9)8-13-17-12-3-2-10(15)6-11(12)14(20)18-13/h2-3,6,9,16H,4-5,7-8H2,1H3,(H,17,18,20). The number of hydrogen-bond acceptors (Lipinski definition) is 4. The predicted molar refractivity (Wildman–Crippen MR) is 80.1 cm³/mol. The van der Waals surface area contributed by atoms with Gasteiger partial charge < -0.3 is 10.3 Å². The molecule has 1 atom stereocenters. The van der Waals surface area contributed by atoms with E-state index < -0.39 is 0 Å². The van der Waals surface area contributed by atoms with Crippen molar-refractivity contribution in [2.24, 2.45) is 0 Å². The van der Waals surface area contributed by atoms with Crippen LogP contribution in [-0.4, -0.2) is 40.5 Å². The smallest absolute Gasteiger partial charge is 0.258 e. The molecule has 5 nitrogen and oxygen atoms in total. The zero-order valence-electron chi connectivity index (χ0n) is 11.3. The second-order valence-corrected chi connectivity index (χ2v) is 5.63. The Hall–Kier alpha value is -1.43. The minimum absolute atomic E-state index is 0.129. The Morgan fingerprint density at radius 2 is 2.35 bits per heavy atom. The number of nitrogens with one attached hydrogen (secondary N) is 2. The summed E-state index contributed by atoms with van der Waals surface area (Å²) in [7, 11) is 0. The Balaban J connectivity index is 1.92. The van der Waals surface area contributed by atoms with Crippen LogP contribution in [0.15, 0.2) is 23.0 Å². The molecule has 1 aliphatic rings. The number of aromatic amines is 1. The molecule has 1 aromatic carbocycles. The average molecular weight is 293 g/mol. The van der Waals surface area contributed by atoms with Crippen molar-refractivity contribution in [2.75, 3.05) is 19.6 Å². The number of rotatable bonds is 2. The second-order valence-electron chi connectivity index (χ2n) is 5.20. The number of aromatic nitrogens is 2. The molecule has 0 bridgehead atoms. The molecule has 3 rings (SSSR count). The van der Waals surface area contributed by atoms with Crippen LogP contribution in [0.4, 0.5) is 0 Å². The molecule has 6 heteroatoms. The van der Waals surface area contributed by atoms with Crippen LogP contribution in [0.5, 0.6) is 0 Å². The van der Waals surface area contributed by atoms with E-state index in [0.717, 1.165) is 19.6 Å². The van der Waals surface area contributed by atoms with Gasteiger partial charge in [-0.15, -0.1) is 0 Å². The van der Waals surface area contributed by atoms with Crippen molar-refractivity contribution in [3.8, 4) is 0 Å². The van der Waals surface area contributed by atoms with Crippen molar-refractivity contribution in [3.05, 3.63) is 39.4 Å². The maximum Gasteiger partial charge on any atom is 0.258 e. The van der Waals surface area contributed by atoms with E-state index in [-0.39, 0.29) is 5.56 Å². The van der Waals surface area contributed by atoms with E-state index in [1.54, 1.807) is 18.2 Å². The predicted octanol–water partition coefficient (Wildman–Crippen LogP) is 1.37. The number of fused-ring (bicyclic) bond motifs is 1. The van der Waals surface area contributed by atoms with Crippen LogP contribution in [0.1, 0.15) is 12.7 Å². The van der Waals surface area contributed by atoms with Crippen LogP contribution >= 0.6 is 11.6 Å². The van der Waals surface area contributed by atoms with Crippen LogP contribution in [0.3, 0.4) is 0 Å². The van der Waals surface area contributed by atoms with E-state index in [0.29, 0.717) is 34.3 Å². The summed E-state index contributed by atoms with van der Waals surface area (Å²) in [5.41, 5.74) is 0.561. The SMILES string of the molecule is CC1CNCCN1Cc1nc2ccc(Cl)cc2c(=O)[nH]1. The van der Waals surface area contributed by atoms with Crippen molar-refractivity contribution < 1.29 is 0 Å². The second kappa shape index (κ2) is 5.52. The van der Waals surface area contributed by atoms with Crippen molar-refractivity contribution in [1.82, 2.24) is 20.2 Å².